The lowest BCUT2D eigenvalue weighted by atomic mass is 9.95. The molecule has 1 aliphatic carbocycles. The van der Waals surface area contributed by atoms with E-state index in [0.717, 1.165) is 24.2 Å². The molecule has 0 radical (unpaired) electrons. The Balaban J connectivity index is 1.71. The number of likely N-dealkylation sites (N-methyl/N-ethyl adjacent to an activating group) is 1. The topological polar surface area (TPSA) is 54.3 Å². The second-order valence-corrected chi connectivity index (χ2v) is 8.57. The molecule has 1 aromatic carbocycles. The van der Waals surface area contributed by atoms with Gasteiger partial charge in [-0.15, -0.1) is 0 Å². The van der Waals surface area contributed by atoms with Gasteiger partial charge in [-0.1, -0.05) is 48.5 Å². The van der Waals surface area contributed by atoms with Crippen molar-refractivity contribution in [2.45, 2.75) is 52.0 Å². The van der Waals surface area contributed by atoms with Crippen LogP contribution in [0.2, 0.25) is 10.0 Å². The molecule has 0 aliphatic heterocycles. The van der Waals surface area contributed by atoms with Crippen molar-refractivity contribution in [2.24, 2.45) is 0 Å². The maximum atomic E-state index is 13.0. The van der Waals surface area contributed by atoms with Crippen LogP contribution in [0.1, 0.15) is 59.9 Å². The second kappa shape index (κ2) is 9.23. The van der Waals surface area contributed by atoms with E-state index < -0.39 is 0 Å². The monoisotopic (exact) mass is 435 g/mol. The molecule has 1 N–H and O–H groups in total. The molecule has 1 aliphatic rings. The Kier molecular flexibility index (Phi) is 6.91. The van der Waals surface area contributed by atoms with Crippen LogP contribution in [0.5, 0.6) is 0 Å². The molecular formula is C22H27Cl2N3O2. The maximum Gasteiger partial charge on any atom is 0.255 e. The number of aromatic nitrogens is 1. The molecule has 0 spiro atoms. The van der Waals surface area contributed by atoms with Gasteiger partial charge in [-0.3, -0.25) is 9.59 Å². The zero-order valence-corrected chi connectivity index (χ0v) is 18.6. The number of nitrogens with one attached hydrogen (secondary N) is 1. The van der Waals surface area contributed by atoms with E-state index in [4.69, 9.17) is 23.2 Å². The molecule has 1 saturated carbocycles. The third kappa shape index (κ3) is 4.78. The number of para-hydroxylation sites is 1. The van der Waals surface area contributed by atoms with E-state index >= 15 is 0 Å². The van der Waals surface area contributed by atoms with Crippen LogP contribution in [0.4, 0.5) is 5.69 Å². The molecule has 0 bridgehead atoms. The Hall–Kier alpha value is -1.98. The van der Waals surface area contributed by atoms with Crippen molar-refractivity contribution < 1.29 is 9.59 Å². The first kappa shape index (κ1) is 21.7. The number of halogens is 2. The highest BCUT2D eigenvalue weighted by Crippen LogP contribution is 2.32. The van der Waals surface area contributed by atoms with Crippen LogP contribution >= 0.6 is 23.2 Å². The smallest absolute Gasteiger partial charge is 0.255 e. The number of aryl methyl sites for hydroxylation is 1. The predicted octanol–water partition coefficient (Wildman–Crippen LogP) is 5.63. The van der Waals surface area contributed by atoms with E-state index in [0.29, 0.717) is 27.3 Å². The fourth-order valence-electron chi connectivity index (χ4n) is 4.18. The maximum absolute atomic E-state index is 13.0. The van der Waals surface area contributed by atoms with Crippen LogP contribution in [0.25, 0.3) is 0 Å². The van der Waals surface area contributed by atoms with Crippen molar-refractivity contribution in [3.8, 4) is 0 Å². The summed E-state index contributed by atoms with van der Waals surface area (Å²) in [4.78, 5) is 26.9. The van der Waals surface area contributed by atoms with Gasteiger partial charge in [0.05, 0.1) is 27.8 Å². The molecule has 0 unspecified atom stereocenters. The predicted molar refractivity (Wildman–Crippen MR) is 118 cm³/mol. The van der Waals surface area contributed by atoms with Gasteiger partial charge in [0.15, 0.2) is 0 Å². The lowest BCUT2D eigenvalue weighted by molar-refractivity contribution is -0.116. The van der Waals surface area contributed by atoms with E-state index in [1.54, 1.807) is 25.2 Å². The molecular weight excluding hydrogens is 409 g/mol. The molecule has 1 heterocycles. The normalized spacial score (nSPS) is 14.7. The second-order valence-electron chi connectivity index (χ2n) is 7.75. The number of carbonyl (C=O) groups is 2. The van der Waals surface area contributed by atoms with Crippen LogP contribution in [0.15, 0.2) is 24.3 Å². The summed E-state index contributed by atoms with van der Waals surface area (Å²) in [5.41, 5.74) is 3.08. The lowest BCUT2D eigenvalue weighted by Crippen LogP contribution is -2.35. The zero-order valence-electron chi connectivity index (χ0n) is 17.1. The molecule has 3 rings (SSSR count). The van der Waals surface area contributed by atoms with Crippen LogP contribution in [-0.4, -0.2) is 34.9 Å². The number of hydrogen-bond acceptors (Lipinski definition) is 2. The lowest BCUT2D eigenvalue weighted by Gasteiger charge is -2.26. The minimum absolute atomic E-state index is 0.0898. The van der Waals surface area contributed by atoms with Gasteiger partial charge >= 0.3 is 0 Å². The van der Waals surface area contributed by atoms with Crippen molar-refractivity contribution in [3.63, 3.8) is 0 Å². The summed E-state index contributed by atoms with van der Waals surface area (Å²) >= 11 is 12.2. The fourth-order valence-corrected chi connectivity index (χ4v) is 4.68. The first-order valence-corrected chi connectivity index (χ1v) is 10.7. The molecule has 1 fully saturated rings. The first-order valence-electron chi connectivity index (χ1n) is 9.97. The first-order chi connectivity index (χ1) is 13.8. The standard InChI is InChI=1S/C22H27Cl2N3O2/c1-14-12-17(15(2)27(14)16-8-5-4-6-9-16)22(29)26(3)13-20(28)25-21-18(23)10-7-11-19(21)24/h7,10-12,16H,4-6,8-9,13H2,1-3H3,(H,25,28). The summed E-state index contributed by atoms with van der Waals surface area (Å²) in [6, 6.07) is 7.40. The quantitative estimate of drug-likeness (QED) is 0.661. The Morgan fingerprint density at radius 2 is 1.76 bits per heavy atom. The van der Waals surface area contributed by atoms with Crippen molar-refractivity contribution in [1.29, 1.82) is 0 Å². The number of nitrogens with zero attached hydrogens (tertiary/aromatic N) is 2. The summed E-state index contributed by atoms with van der Waals surface area (Å²) in [6.07, 6.45) is 6.06. The van der Waals surface area contributed by atoms with Gasteiger partial charge in [0.2, 0.25) is 5.91 Å². The summed E-state index contributed by atoms with van der Waals surface area (Å²) < 4.78 is 2.30. The number of anilines is 1. The van der Waals surface area contributed by atoms with E-state index in [2.05, 4.69) is 9.88 Å². The number of carbonyl (C=O) groups excluding carboxylic acids is 2. The molecule has 5 nitrogen and oxygen atoms in total. The van der Waals surface area contributed by atoms with E-state index in [9.17, 15) is 9.59 Å². The molecule has 7 heteroatoms. The Morgan fingerprint density at radius 1 is 1.14 bits per heavy atom. The van der Waals surface area contributed by atoms with E-state index in [1.807, 2.05) is 19.9 Å². The summed E-state index contributed by atoms with van der Waals surface area (Å²) in [5.74, 6) is -0.516. The van der Waals surface area contributed by atoms with Crippen LogP contribution in [0, 0.1) is 13.8 Å². The van der Waals surface area contributed by atoms with Gasteiger partial charge < -0.3 is 14.8 Å². The summed E-state index contributed by atoms with van der Waals surface area (Å²) in [5, 5.41) is 3.41. The van der Waals surface area contributed by atoms with Gasteiger partial charge in [-0.05, 0) is 44.9 Å². The molecule has 0 atom stereocenters. The third-order valence-corrected chi connectivity index (χ3v) is 6.24. The SMILES string of the molecule is Cc1cc(C(=O)N(C)CC(=O)Nc2c(Cl)cccc2Cl)c(C)n1C1CCCCC1. The average Bonchev–Trinajstić information content (AvgIpc) is 2.99. The average molecular weight is 436 g/mol. The van der Waals surface area contributed by atoms with Gasteiger partial charge in [0, 0.05) is 24.5 Å². The van der Waals surface area contributed by atoms with E-state index in [1.165, 1.54) is 24.2 Å². The van der Waals surface area contributed by atoms with Crippen molar-refractivity contribution in [2.75, 3.05) is 18.9 Å². The largest absolute Gasteiger partial charge is 0.345 e. The third-order valence-electron chi connectivity index (χ3n) is 5.61. The summed E-state index contributed by atoms with van der Waals surface area (Å²) in [6.45, 7) is 3.95. The van der Waals surface area contributed by atoms with Gasteiger partial charge in [0.1, 0.15) is 0 Å². The molecule has 156 valence electrons. The number of benzene rings is 1. The van der Waals surface area contributed by atoms with Crippen molar-refractivity contribution in [3.05, 3.63) is 51.3 Å². The minimum Gasteiger partial charge on any atom is -0.345 e. The number of amides is 2. The molecule has 0 saturated heterocycles. The Morgan fingerprint density at radius 3 is 2.38 bits per heavy atom. The zero-order chi connectivity index (χ0) is 21.1. The highest BCUT2D eigenvalue weighted by atomic mass is 35.5. The molecule has 2 aromatic rings. The molecule has 1 aromatic heterocycles. The highest BCUT2D eigenvalue weighted by Gasteiger charge is 2.25. The van der Waals surface area contributed by atoms with Crippen LogP contribution in [-0.2, 0) is 4.79 Å². The van der Waals surface area contributed by atoms with E-state index in [-0.39, 0.29) is 18.4 Å². The fraction of sp³-hybridized carbons (Fsp3) is 0.455. The Bertz CT molecular complexity index is 897. The molecule has 2 amide bonds. The van der Waals surface area contributed by atoms with Gasteiger partial charge in [0.25, 0.3) is 5.91 Å². The van der Waals surface area contributed by atoms with Crippen LogP contribution in [0.3, 0.4) is 0 Å². The molecule has 29 heavy (non-hydrogen) atoms. The number of rotatable bonds is 5. The highest BCUT2D eigenvalue weighted by molar-refractivity contribution is 6.39. The van der Waals surface area contributed by atoms with Crippen molar-refractivity contribution in [1.82, 2.24) is 9.47 Å². The summed E-state index contributed by atoms with van der Waals surface area (Å²) in [7, 11) is 1.63. The number of hydrogen-bond donors (Lipinski definition) is 1. The Labute approximate surface area is 182 Å². The van der Waals surface area contributed by atoms with Crippen molar-refractivity contribution >= 4 is 40.7 Å². The van der Waals surface area contributed by atoms with Gasteiger partial charge in [-0.25, -0.2) is 0 Å². The van der Waals surface area contributed by atoms with Gasteiger partial charge in [-0.2, -0.15) is 0 Å². The van der Waals surface area contributed by atoms with Crippen LogP contribution < -0.4 is 5.32 Å². The minimum atomic E-state index is -0.350.